The Bertz CT molecular complexity index is 140. The molecule has 2 aliphatic rings. The fraction of sp³-hybridized carbons (Fsp3) is 1.00. The molecule has 0 unspecified atom stereocenters. The molecule has 0 aliphatic carbocycles. The minimum atomic E-state index is 0.737. The third-order valence-corrected chi connectivity index (χ3v) is 3.30. The lowest BCUT2D eigenvalue weighted by molar-refractivity contribution is 0.192. The van der Waals surface area contributed by atoms with E-state index in [2.05, 4.69) is 24.5 Å². The molecular formula is C10H20N2. The van der Waals surface area contributed by atoms with Gasteiger partial charge in [0, 0.05) is 24.2 Å². The third kappa shape index (κ3) is 1.64. The SMILES string of the molecule is C[C@@H]1CC[C@@H]2N[C@@H](C)CC[C@H]2N1. The van der Waals surface area contributed by atoms with Crippen LogP contribution in [0.15, 0.2) is 0 Å². The van der Waals surface area contributed by atoms with Gasteiger partial charge >= 0.3 is 0 Å². The van der Waals surface area contributed by atoms with E-state index in [4.69, 9.17) is 0 Å². The first kappa shape index (κ1) is 8.52. The van der Waals surface area contributed by atoms with Crippen LogP contribution in [0.25, 0.3) is 0 Å². The maximum absolute atomic E-state index is 3.68. The Balaban J connectivity index is 1.94. The van der Waals surface area contributed by atoms with Crippen molar-refractivity contribution in [1.82, 2.24) is 10.6 Å². The zero-order chi connectivity index (χ0) is 8.55. The highest BCUT2D eigenvalue weighted by molar-refractivity contribution is 4.94. The molecular weight excluding hydrogens is 148 g/mol. The van der Waals surface area contributed by atoms with E-state index in [9.17, 15) is 0 Å². The van der Waals surface area contributed by atoms with Crippen LogP contribution in [0.1, 0.15) is 39.5 Å². The van der Waals surface area contributed by atoms with Gasteiger partial charge in [0.15, 0.2) is 0 Å². The standard InChI is InChI=1S/C10H20N2/c1-7-3-5-10-9(11-7)6-4-8(2)12-10/h7-12H,3-6H2,1-2H3/t7-,8+,9-,10+. The Morgan fingerprint density at radius 1 is 0.750 bits per heavy atom. The molecule has 2 fully saturated rings. The van der Waals surface area contributed by atoms with Crippen LogP contribution in [0.2, 0.25) is 0 Å². The Hall–Kier alpha value is -0.0800. The van der Waals surface area contributed by atoms with Crippen molar-refractivity contribution in [2.24, 2.45) is 0 Å². The molecule has 0 aromatic carbocycles. The summed E-state index contributed by atoms with van der Waals surface area (Å²) in [5.74, 6) is 0. The smallest absolute Gasteiger partial charge is 0.0224 e. The minimum Gasteiger partial charge on any atom is -0.310 e. The second-order valence-electron chi connectivity index (χ2n) is 4.50. The molecule has 0 saturated carbocycles. The van der Waals surface area contributed by atoms with Crippen LogP contribution in [-0.2, 0) is 0 Å². The molecule has 2 rings (SSSR count). The minimum absolute atomic E-state index is 0.737. The molecule has 0 radical (unpaired) electrons. The van der Waals surface area contributed by atoms with Gasteiger partial charge in [-0.2, -0.15) is 0 Å². The summed E-state index contributed by atoms with van der Waals surface area (Å²) in [5.41, 5.74) is 0. The van der Waals surface area contributed by atoms with Crippen LogP contribution in [0.4, 0.5) is 0 Å². The molecule has 2 heterocycles. The van der Waals surface area contributed by atoms with E-state index >= 15 is 0 Å². The number of hydrogen-bond acceptors (Lipinski definition) is 2. The molecule has 70 valence electrons. The second-order valence-corrected chi connectivity index (χ2v) is 4.50. The van der Waals surface area contributed by atoms with Gasteiger partial charge in [0.1, 0.15) is 0 Å². The zero-order valence-corrected chi connectivity index (χ0v) is 8.14. The summed E-state index contributed by atoms with van der Waals surface area (Å²) in [7, 11) is 0. The molecule has 4 atom stereocenters. The Morgan fingerprint density at radius 3 is 1.58 bits per heavy atom. The lowest BCUT2D eigenvalue weighted by Crippen LogP contribution is -2.59. The maximum atomic E-state index is 3.68. The monoisotopic (exact) mass is 168 g/mol. The van der Waals surface area contributed by atoms with Gasteiger partial charge in [0.2, 0.25) is 0 Å². The molecule has 0 amide bonds. The molecule has 2 N–H and O–H groups in total. The van der Waals surface area contributed by atoms with E-state index < -0.39 is 0 Å². The van der Waals surface area contributed by atoms with Crippen molar-refractivity contribution in [3.63, 3.8) is 0 Å². The lowest BCUT2D eigenvalue weighted by atomic mass is 9.86. The predicted octanol–water partition coefficient (Wildman–Crippen LogP) is 1.27. The Labute approximate surface area is 75.1 Å². The molecule has 0 aromatic heterocycles. The van der Waals surface area contributed by atoms with E-state index in [1.807, 2.05) is 0 Å². The van der Waals surface area contributed by atoms with Crippen molar-refractivity contribution in [2.45, 2.75) is 63.7 Å². The molecule has 0 spiro atoms. The summed E-state index contributed by atoms with van der Waals surface area (Å²) in [5, 5.41) is 7.35. The fourth-order valence-corrected chi connectivity index (χ4v) is 2.56. The van der Waals surface area contributed by atoms with E-state index in [0.29, 0.717) is 0 Å². The van der Waals surface area contributed by atoms with Gasteiger partial charge in [-0.05, 0) is 39.5 Å². The van der Waals surface area contributed by atoms with Crippen molar-refractivity contribution < 1.29 is 0 Å². The quantitative estimate of drug-likeness (QED) is 0.569. The summed E-state index contributed by atoms with van der Waals surface area (Å²) < 4.78 is 0. The van der Waals surface area contributed by atoms with Crippen LogP contribution < -0.4 is 10.6 Å². The third-order valence-electron chi connectivity index (χ3n) is 3.30. The molecule has 0 bridgehead atoms. The summed E-state index contributed by atoms with van der Waals surface area (Å²) >= 11 is 0. The van der Waals surface area contributed by atoms with Crippen molar-refractivity contribution in [2.75, 3.05) is 0 Å². The van der Waals surface area contributed by atoms with Gasteiger partial charge in [0.05, 0.1) is 0 Å². The summed E-state index contributed by atoms with van der Waals surface area (Å²) in [6.07, 6.45) is 5.40. The van der Waals surface area contributed by atoms with Crippen molar-refractivity contribution in [1.29, 1.82) is 0 Å². The number of hydrogen-bond donors (Lipinski definition) is 2. The van der Waals surface area contributed by atoms with Crippen LogP contribution in [0.5, 0.6) is 0 Å². The Kier molecular flexibility index (Phi) is 2.37. The van der Waals surface area contributed by atoms with Crippen LogP contribution >= 0.6 is 0 Å². The number of nitrogens with one attached hydrogen (secondary N) is 2. The molecule has 2 heteroatoms. The first-order chi connectivity index (χ1) is 5.75. The van der Waals surface area contributed by atoms with E-state index in [1.54, 1.807) is 0 Å². The highest BCUT2D eigenvalue weighted by Crippen LogP contribution is 2.22. The second kappa shape index (κ2) is 3.35. The number of piperidine rings is 2. The predicted molar refractivity (Wildman–Crippen MR) is 51.2 cm³/mol. The van der Waals surface area contributed by atoms with Gasteiger partial charge < -0.3 is 10.6 Å². The summed E-state index contributed by atoms with van der Waals surface area (Å²) in [6, 6.07) is 2.98. The Morgan fingerprint density at radius 2 is 1.17 bits per heavy atom. The molecule has 12 heavy (non-hydrogen) atoms. The molecule has 0 aromatic rings. The molecule has 2 nitrogen and oxygen atoms in total. The summed E-state index contributed by atoms with van der Waals surface area (Å²) in [4.78, 5) is 0. The van der Waals surface area contributed by atoms with Crippen molar-refractivity contribution in [3.05, 3.63) is 0 Å². The highest BCUT2D eigenvalue weighted by Gasteiger charge is 2.31. The van der Waals surface area contributed by atoms with Gasteiger partial charge in [-0.1, -0.05) is 0 Å². The average molecular weight is 168 g/mol. The van der Waals surface area contributed by atoms with Gasteiger partial charge in [-0.15, -0.1) is 0 Å². The van der Waals surface area contributed by atoms with Crippen molar-refractivity contribution >= 4 is 0 Å². The lowest BCUT2D eigenvalue weighted by Gasteiger charge is -2.42. The topological polar surface area (TPSA) is 24.1 Å². The molecule has 2 saturated heterocycles. The number of rotatable bonds is 0. The first-order valence-electron chi connectivity index (χ1n) is 5.28. The first-order valence-corrected chi connectivity index (χ1v) is 5.28. The highest BCUT2D eigenvalue weighted by atomic mass is 15.1. The fourth-order valence-electron chi connectivity index (χ4n) is 2.56. The van der Waals surface area contributed by atoms with Crippen molar-refractivity contribution in [3.8, 4) is 0 Å². The van der Waals surface area contributed by atoms with Crippen LogP contribution in [-0.4, -0.2) is 24.2 Å². The van der Waals surface area contributed by atoms with E-state index in [0.717, 1.165) is 24.2 Å². The van der Waals surface area contributed by atoms with Gasteiger partial charge in [0.25, 0.3) is 0 Å². The van der Waals surface area contributed by atoms with Crippen LogP contribution in [0, 0.1) is 0 Å². The van der Waals surface area contributed by atoms with Gasteiger partial charge in [-0.25, -0.2) is 0 Å². The maximum Gasteiger partial charge on any atom is 0.0224 e. The number of fused-ring (bicyclic) bond motifs is 1. The van der Waals surface area contributed by atoms with Crippen LogP contribution in [0.3, 0.4) is 0 Å². The van der Waals surface area contributed by atoms with E-state index in [-0.39, 0.29) is 0 Å². The largest absolute Gasteiger partial charge is 0.310 e. The normalized spacial score (nSPS) is 48.5. The zero-order valence-electron chi connectivity index (χ0n) is 8.14. The average Bonchev–Trinajstić information content (AvgIpc) is 2.05. The molecule has 2 aliphatic heterocycles. The van der Waals surface area contributed by atoms with E-state index in [1.165, 1.54) is 25.7 Å². The summed E-state index contributed by atoms with van der Waals surface area (Å²) in [6.45, 7) is 4.60. The van der Waals surface area contributed by atoms with Gasteiger partial charge in [-0.3, -0.25) is 0 Å².